The summed E-state index contributed by atoms with van der Waals surface area (Å²) in [6.45, 7) is 4.57. The molecule has 25 heavy (non-hydrogen) atoms. The number of benzene rings is 1. The van der Waals surface area contributed by atoms with Crippen molar-refractivity contribution in [1.82, 2.24) is 9.55 Å². The van der Waals surface area contributed by atoms with E-state index < -0.39 is 0 Å². The first kappa shape index (κ1) is 17.5. The van der Waals surface area contributed by atoms with Gasteiger partial charge < -0.3 is 14.7 Å². The first-order valence-electron chi connectivity index (χ1n) is 8.41. The van der Waals surface area contributed by atoms with Gasteiger partial charge in [-0.3, -0.25) is 9.36 Å². The molecule has 134 valence electrons. The van der Waals surface area contributed by atoms with Gasteiger partial charge in [-0.1, -0.05) is 13.8 Å². The number of rotatable bonds is 4. The summed E-state index contributed by atoms with van der Waals surface area (Å²) in [7, 11) is 5.21. The molecule has 0 radical (unpaired) electrons. The second kappa shape index (κ2) is 6.19. The van der Waals surface area contributed by atoms with Gasteiger partial charge in [0.05, 0.1) is 19.4 Å². The van der Waals surface area contributed by atoms with Crippen LogP contribution in [-0.2, 0) is 18.9 Å². The summed E-state index contributed by atoms with van der Waals surface area (Å²) in [6.07, 6.45) is 0.759. The number of nitrogens with zero attached hydrogens (tertiary/aromatic N) is 3. The van der Waals surface area contributed by atoms with Crippen LogP contribution in [0.5, 0.6) is 5.75 Å². The second-order valence-corrected chi connectivity index (χ2v) is 7.23. The molecule has 0 atom stereocenters. The van der Waals surface area contributed by atoms with Crippen molar-refractivity contribution in [3.05, 3.63) is 39.7 Å². The highest BCUT2D eigenvalue weighted by molar-refractivity contribution is 5.73. The zero-order chi connectivity index (χ0) is 18.4. The van der Waals surface area contributed by atoms with Gasteiger partial charge in [-0.15, -0.1) is 0 Å². The molecule has 0 saturated heterocycles. The second-order valence-electron chi connectivity index (χ2n) is 7.23. The molecular weight excluding hydrogens is 318 g/mol. The first-order valence-corrected chi connectivity index (χ1v) is 8.41. The van der Waals surface area contributed by atoms with Crippen molar-refractivity contribution < 1.29 is 9.84 Å². The molecule has 2 aromatic rings. The summed E-state index contributed by atoms with van der Waals surface area (Å²) >= 11 is 0. The van der Waals surface area contributed by atoms with Crippen molar-refractivity contribution in [2.75, 3.05) is 32.2 Å². The van der Waals surface area contributed by atoms with E-state index in [2.05, 4.69) is 13.8 Å². The van der Waals surface area contributed by atoms with Crippen molar-refractivity contribution >= 4 is 5.95 Å². The molecular formula is C19H25N3O3. The molecule has 1 heterocycles. The van der Waals surface area contributed by atoms with E-state index >= 15 is 0 Å². The summed E-state index contributed by atoms with van der Waals surface area (Å²) in [5, 5.41) is 9.22. The van der Waals surface area contributed by atoms with Gasteiger partial charge in [-0.2, -0.15) is 0 Å². The molecule has 1 aliphatic rings. The Morgan fingerprint density at radius 3 is 2.76 bits per heavy atom. The van der Waals surface area contributed by atoms with Crippen LogP contribution in [0.4, 0.5) is 5.95 Å². The minimum atomic E-state index is -0.315. The Morgan fingerprint density at radius 2 is 2.12 bits per heavy atom. The standard InChI is InChI=1S/C19H25N3O3/c1-19(2)11-12-10-13(25-5)6-7-14(12)16-15(19)17(24)22(4)18(20-16)21(3)8-9-23/h6-7,10,23H,8-9,11H2,1-5H3. The minimum absolute atomic E-state index is 0.00271. The Kier molecular flexibility index (Phi) is 4.33. The summed E-state index contributed by atoms with van der Waals surface area (Å²) < 4.78 is 6.93. The Balaban J connectivity index is 2.30. The van der Waals surface area contributed by atoms with Crippen LogP contribution in [-0.4, -0.2) is 42.0 Å². The van der Waals surface area contributed by atoms with Crippen LogP contribution in [0.2, 0.25) is 0 Å². The lowest BCUT2D eigenvalue weighted by molar-refractivity contribution is 0.303. The van der Waals surface area contributed by atoms with E-state index in [0.29, 0.717) is 12.5 Å². The summed E-state index contributed by atoms with van der Waals surface area (Å²) in [5.41, 5.74) is 3.24. The van der Waals surface area contributed by atoms with Crippen LogP contribution >= 0.6 is 0 Å². The van der Waals surface area contributed by atoms with Crippen molar-refractivity contribution in [2.45, 2.75) is 25.7 Å². The zero-order valence-electron chi connectivity index (χ0n) is 15.5. The average Bonchev–Trinajstić information content (AvgIpc) is 2.56. The molecule has 3 rings (SSSR count). The Labute approximate surface area is 147 Å². The fourth-order valence-corrected chi connectivity index (χ4v) is 3.63. The molecule has 0 unspecified atom stereocenters. The molecule has 1 aromatic heterocycles. The number of hydrogen-bond donors (Lipinski definition) is 1. The molecule has 0 fully saturated rings. The number of anilines is 1. The number of fused-ring (bicyclic) bond motifs is 3. The Bertz CT molecular complexity index is 871. The fraction of sp³-hybridized carbons (Fsp3) is 0.474. The van der Waals surface area contributed by atoms with Crippen LogP contribution in [0.3, 0.4) is 0 Å². The van der Waals surface area contributed by atoms with Gasteiger partial charge in [0.2, 0.25) is 5.95 Å². The van der Waals surface area contributed by atoms with Gasteiger partial charge in [0.15, 0.2) is 0 Å². The van der Waals surface area contributed by atoms with Gasteiger partial charge in [0.25, 0.3) is 5.56 Å². The number of ether oxygens (including phenoxy) is 1. The van der Waals surface area contributed by atoms with Gasteiger partial charge in [-0.05, 0) is 30.2 Å². The highest BCUT2D eigenvalue weighted by Crippen LogP contribution is 2.42. The molecule has 0 spiro atoms. The summed E-state index contributed by atoms with van der Waals surface area (Å²) in [5.74, 6) is 1.36. The van der Waals surface area contributed by atoms with Crippen LogP contribution in [0, 0.1) is 0 Å². The smallest absolute Gasteiger partial charge is 0.259 e. The topological polar surface area (TPSA) is 67.6 Å². The molecule has 0 amide bonds. The lowest BCUT2D eigenvalue weighted by Crippen LogP contribution is -2.39. The summed E-state index contributed by atoms with van der Waals surface area (Å²) in [4.78, 5) is 19.7. The minimum Gasteiger partial charge on any atom is -0.497 e. The van der Waals surface area contributed by atoms with Crippen LogP contribution in [0.25, 0.3) is 11.3 Å². The van der Waals surface area contributed by atoms with E-state index in [1.165, 1.54) is 0 Å². The number of aliphatic hydroxyl groups excluding tert-OH is 1. The monoisotopic (exact) mass is 343 g/mol. The lowest BCUT2D eigenvalue weighted by Gasteiger charge is -2.34. The third-order valence-corrected chi connectivity index (χ3v) is 4.92. The maximum Gasteiger partial charge on any atom is 0.259 e. The van der Waals surface area contributed by atoms with Gasteiger partial charge in [0.1, 0.15) is 5.75 Å². The first-order chi connectivity index (χ1) is 11.8. The van der Waals surface area contributed by atoms with E-state index in [-0.39, 0.29) is 17.6 Å². The van der Waals surface area contributed by atoms with E-state index in [1.54, 1.807) is 23.6 Å². The van der Waals surface area contributed by atoms with Crippen LogP contribution < -0.4 is 15.2 Å². The predicted molar refractivity (Wildman–Crippen MR) is 98.6 cm³/mol. The summed E-state index contributed by atoms with van der Waals surface area (Å²) in [6, 6.07) is 5.90. The van der Waals surface area contributed by atoms with Gasteiger partial charge in [-0.25, -0.2) is 4.98 Å². The SMILES string of the molecule is COc1ccc2c(c1)CC(C)(C)c1c-2nc(N(C)CCO)n(C)c1=O. The van der Waals surface area contributed by atoms with E-state index in [9.17, 15) is 9.90 Å². The Hall–Kier alpha value is -2.34. The Morgan fingerprint density at radius 1 is 1.40 bits per heavy atom. The van der Waals surface area contributed by atoms with Crippen molar-refractivity contribution in [3.8, 4) is 17.0 Å². The van der Waals surface area contributed by atoms with E-state index in [4.69, 9.17) is 9.72 Å². The lowest BCUT2D eigenvalue weighted by atomic mass is 9.72. The quantitative estimate of drug-likeness (QED) is 0.915. The average molecular weight is 343 g/mol. The normalized spacial score (nSPS) is 14.6. The highest BCUT2D eigenvalue weighted by Gasteiger charge is 2.36. The predicted octanol–water partition coefficient (Wildman–Crippen LogP) is 1.72. The number of hydrogen-bond acceptors (Lipinski definition) is 5. The van der Waals surface area contributed by atoms with Gasteiger partial charge in [0, 0.05) is 37.2 Å². The number of aromatic nitrogens is 2. The third kappa shape index (κ3) is 2.80. The molecule has 1 N–H and O–H groups in total. The van der Waals surface area contributed by atoms with Gasteiger partial charge >= 0.3 is 0 Å². The van der Waals surface area contributed by atoms with Crippen molar-refractivity contribution in [1.29, 1.82) is 0 Å². The fourth-order valence-electron chi connectivity index (χ4n) is 3.63. The van der Waals surface area contributed by atoms with Crippen molar-refractivity contribution in [2.24, 2.45) is 7.05 Å². The van der Waals surface area contributed by atoms with E-state index in [0.717, 1.165) is 34.6 Å². The highest BCUT2D eigenvalue weighted by atomic mass is 16.5. The van der Waals surface area contributed by atoms with Crippen molar-refractivity contribution in [3.63, 3.8) is 0 Å². The maximum absolute atomic E-state index is 13.1. The molecule has 6 nitrogen and oxygen atoms in total. The molecule has 6 heteroatoms. The molecule has 1 aliphatic carbocycles. The number of aliphatic hydroxyl groups is 1. The van der Waals surface area contributed by atoms with Crippen LogP contribution in [0.1, 0.15) is 25.0 Å². The molecule has 0 bridgehead atoms. The number of methoxy groups -OCH3 is 1. The molecule has 0 saturated carbocycles. The zero-order valence-corrected chi connectivity index (χ0v) is 15.5. The van der Waals surface area contributed by atoms with Crippen LogP contribution in [0.15, 0.2) is 23.0 Å². The number of likely N-dealkylation sites (N-methyl/N-ethyl adjacent to an activating group) is 1. The molecule has 1 aromatic carbocycles. The van der Waals surface area contributed by atoms with E-state index in [1.807, 2.05) is 25.2 Å². The largest absolute Gasteiger partial charge is 0.497 e. The maximum atomic E-state index is 13.1. The third-order valence-electron chi connectivity index (χ3n) is 4.92. The molecule has 0 aliphatic heterocycles.